The van der Waals surface area contributed by atoms with Gasteiger partial charge in [-0.1, -0.05) is 5.16 Å². The SMILES string of the molecule is Cc1cc(CN2CCN(C(=O)C(C)N)CC2)no1. The summed E-state index contributed by atoms with van der Waals surface area (Å²) in [5.41, 5.74) is 6.54. The van der Waals surface area contributed by atoms with Gasteiger partial charge in [0.25, 0.3) is 0 Å². The van der Waals surface area contributed by atoms with E-state index in [1.807, 2.05) is 17.9 Å². The van der Waals surface area contributed by atoms with Crippen molar-refractivity contribution >= 4 is 5.91 Å². The number of hydrogen-bond acceptors (Lipinski definition) is 5. The monoisotopic (exact) mass is 252 g/mol. The van der Waals surface area contributed by atoms with E-state index in [1.165, 1.54) is 0 Å². The summed E-state index contributed by atoms with van der Waals surface area (Å²) >= 11 is 0. The topological polar surface area (TPSA) is 75.6 Å². The van der Waals surface area contributed by atoms with E-state index in [0.29, 0.717) is 0 Å². The molecule has 100 valence electrons. The van der Waals surface area contributed by atoms with E-state index >= 15 is 0 Å². The first-order valence-electron chi connectivity index (χ1n) is 6.25. The van der Waals surface area contributed by atoms with Gasteiger partial charge in [0.05, 0.1) is 11.7 Å². The molecule has 0 aromatic carbocycles. The van der Waals surface area contributed by atoms with Gasteiger partial charge in [-0.25, -0.2) is 0 Å². The summed E-state index contributed by atoms with van der Waals surface area (Å²) in [6, 6.07) is 1.54. The molecule has 2 N–H and O–H groups in total. The fourth-order valence-electron chi connectivity index (χ4n) is 2.14. The van der Waals surface area contributed by atoms with Crippen LogP contribution in [0.4, 0.5) is 0 Å². The summed E-state index contributed by atoms with van der Waals surface area (Å²) in [7, 11) is 0. The molecule has 1 unspecified atom stereocenters. The zero-order valence-corrected chi connectivity index (χ0v) is 10.9. The van der Waals surface area contributed by atoms with E-state index in [2.05, 4.69) is 10.1 Å². The Kier molecular flexibility index (Phi) is 3.98. The number of carbonyl (C=O) groups is 1. The zero-order valence-electron chi connectivity index (χ0n) is 10.9. The molecule has 6 heteroatoms. The molecular weight excluding hydrogens is 232 g/mol. The summed E-state index contributed by atoms with van der Waals surface area (Å²) in [4.78, 5) is 15.8. The Morgan fingerprint density at radius 3 is 2.67 bits per heavy atom. The van der Waals surface area contributed by atoms with Gasteiger partial charge < -0.3 is 15.2 Å². The van der Waals surface area contributed by atoms with Gasteiger partial charge in [-0.2, -0.15) is 0 Å². The molecule has 6 nitrogen and oxygen atoms in total. The molecule has 1 aliphatic rings. The number of nitrogens with zero attached hydrogens (tertiary/aromatic N) is 3. The van der Waals surface area contributed by atoms with Gasteiger partial charge in [-0.15, -0.1) is 0 Å². The molecule has 1 aromatic rings. The first-order chi connectivity index (χ1) is 8.56. The number of carbonyl (C=O) groups excluding carboxylic acids is 1. The van der Waals surface area contributed by atoms with Gasteiger partial charge in [-0.05, 0) is 13.8 Å². The number of nitrogens with two attached hydrogens (primary N) is 1. The second kappa shape index (κ2) is 5.49. The van der Waals surface area contributed by atoms with Crippen LogP contribution in [0.2, 0.25) is 0 Å². The highest BCUT2D eigenvalue weighted by atomic mass is 16.5. The molecule has 1 fully saturated rings. The molecule has 1 saturated heterocycles. The largest absolute Gasteiger partial charge is 0.361 e. The van der Waals surface area contributed by atoms with E-state index in [9.17, 15) is 4.79 Å². The number of aromatic nitrogens is 1. The molecule has 1 aromatic heterocycles. The molecule has 1 amide bonds. The molecule has 1 aliphatic heterocycles. The van der Waals surface area contributed by atoms with Crippen molar-refractivity contribution in [2.75, 3.05) is 26.2 Å². The number of hydrogen-bond donors (Lipinski definition) is 1. The quantitative estimate of drug-likeness (QED) is 0.818. The Hall–Kier alpha value is -1.40. The molecule has 0 spiro atoms. The summed E-state index contributed by atoms with van der Waals surface area (Å²) in [6.45, 7) is 7.56. The lowest BCUT2D eigenvalue weighted by Gasteiger charge is -2.35. The summed E-state index contributed by atoms with van der Waals surface area (Å²) in [5, 5.41) is 3.98. The number of piperazine rings is 1. The third kappa shape index (κ3) is 3.08. The van der Waals surface area contributed by atoms with Crippen molar-refractivity contribution in [3.8, 4) is 0 Å². The van der Waals surface area contributed by atoms with Crippen LogP contribution < -0.4 is 5.73 Å². The van der Waals surface area contributed by atoms with Crippen LogP contribution in [0.3, 0.4) is 0 Å². The fourth-order valence-corrected chi connectivity index (χ4v) is 2.14. The van der Waals surface area contributed by atoms with Crippen molar-refractivity contribution in [2.24, 2.45) is 5.73 Å². The number of rotatable bonds is 3. The second-order valence-electron chi connectivity index (χ2n) is 4.82. The van der Waals surface area contributed by atoms with Crippen molar-refractivity contribution in [2.45, 2.75) is 26.4 Å². The van der Waals surface area contributed by atoms with Gasteiger partial charge in [0.2, 0.25) is 5.91 Å². The summed E-state index contributed by atoms with van der Waals surface area (Å²) in [6.07, 6.45) is 0. The summed E-state index contributed by atoms with van der Waals surface area (Å²) in [5.74, 6) is 0.864. The van der Waals surface area contributed by atoms with Crippen LogP contribution in [0, 0.1) is 6.92 Å². The minimum absolute atomic E-state index is 0.0342. The first kappa shape index (κ1) is 13.0. The average Bonchev–Trinajstić information content (AvgIpc) is 2.75. The van der Waals surface area contributed by atoms with Crippen LogP contribution in [-0.2, 0) is 11.3 Å². The Morgan fingerprint density at radius 1 is 1.50 bits per heavy atom. The van der Waals surface area contributed by atoms with Gasteiger partial charge >= 0.3 is 0 Å². The van der Waals surface area contributed by atoms with Crippen LogP contribution in [0.15, 0.2) is 10.6 Å². The fraction of sp³-hybridized carbons (Fsp3) is 0.667. The normalized spacial score (nSPS) is 18.9. The molecule has 0 radical (unpaired) electrons. The van der Waals surface area contributed by atoms with Crippen molar-refractivity contribution in [1.82, 2.24) is 15.0 Å². The van der Waals surface area contributed by atoms with Gasteiger partial charge in [0.1, 0.15) is 5.76 Å². The molecule has 0 bridgehead atoms. The van der Waals surface area contributed by atoms with Gasteiger partial charge in [-0.3, -0.25) is 9.69 Å². The van der Waals surface area contributed by atoms with E-state index in [1.54, 1.807) is 6.92 Å². The van der Waals surface area contributed by atoms with Crippen LogP contribution in [0.1, 0.15) is 18.4 Å². The van der Waals surface area contributed by atoms with Crippen LogP contribution in [-0.4, -0.2) is 53.1 Å². The van der Waals surface area contributed by atoms with Crippen LogP contribution in [0.5, 0.6) is 0 Å². The maximum atomic E-state index is 11.7. The smallest absolute Gasteiger partial charge is 0.239 e. The molecule has 2 heterocycles. The highest BCUT2D eigenvalue weighted by Gasteiger charge is 2.23. The molecule has 18 heavy (non-hydrogen) atoms. The Labute approximate surface area is 107 Å². The van der Waals surface area contributed by atoms with Crippen molar-refractivity contribution in [3.63, 3.8) is 0 Å². The summed E-state index contributed by atoms with van der Waals surface area (Å²) < 4.78 is 5.04. The standard InChI is InChI=1S/C12H20N4O2/c1-9-7-11(14-18-9)8-15-3-5-16(6-4-15)12(17)10(2)13/h7,10H,3-6,8,13H2,1-2H3. The van der Waals surface area contributed by atoms with E-state index in [4.69, 9.17) is 10.3 Å². The Bertz CT molecular complexity index is 408. The third-order valence-corrected chi connectivity index (χ3v) is 3.14. The lowest BCUT2D eigenvalue weighted by Crippen LogP contribution is -2.52. The average molecular weight is 252 g/mol. The molecular formula is C12H20N4O2. The zero-order chi connectivity index (χ0) is 13.1. The highest BCUT2D eigenvalue weighted by Crippen LogP contribution is 2.09. The second-order valence-corrected chi connectivity index (χ2v) is 4.82. The van der Waals surface area contributed by atoms with E-state index in [-0.39, 0.29) is 5.91 Å². The maximum absolute atomic E-state index is 11.7. The van der Waals surface area contributed by atoms with Crippen molar-refractivity contribution < 1.29 is 9.32 Å². The predicted molar refractivity (Wildman–Crippen MR) is 66.7 cm³/mol. The Balaban J connectivity index is 1.82. The van der Waals surface area contributed by atoms with Crippen LogP contribution in [0.25, 0.3) is 0 Å². The predicted octanol–water partition coefficient (Wildman–Crippen LogP) is -0.0256. The molecule has 1 atom stereocenters. The molecule has 2 rings (SSSR count). The number of amides is 1. The molecule has 0 saturated carbocycles. The van der Waals surface area contributed by atoms with E-state index in [0.717, 1.165) is 44.2 Å². The maximum Gasteiger partial charge on any atom is 0.239 e. The Morgan fingerprint density at radius 2 is 2.17 bits per heavy atom. The van der Waals surface area contributed by atoms with Crippen molar-refractivity contribution in [1.29, 1.82) is 0 Å². The lowest BCUT2D eigenvalue weighted by molar-refractivity contribution is -0.134. The highest BCUT2D eigenvalue weighted by molar-refractivity contribution is 5.81. The van der Waals surface area contributed by atoms with Gasteiger partial charge in [0.15, 0.2) is 0 Å². The molecule has 0 aliphatic carbocycles. The minimum Gasteiger partial charge on any atom is -0.361 e. The van der Waals surface area contributed by atoms with E-state index < -0.39 is 6.04 Å². The number of aryl methyl sites for hydroxylation is 1. The van der Waals surface area contributed by atoms with Crippen molar-refractivity contribution in [3.05, 3.63) is 17.5 Å². The first-order valence-corrected chi connectivity index (χ1v) is 6.25. The van der Waals surface area contributed by atoms with Crippen LogP contribution >= 0.6 is 0 Å². The lowest BCUT2D eigenvalue weighted by atomic mass is 10.2. The minimum atomic E-state index is -0.408. The third-order valence-electron chi connectivity index (χ3n) is 3.14. The van der Waals surface area contributed by atoms with Gasteiger partial charge in [0, 0.05) is 38.8 Å².